The molecule has 0 unspecified atom stereocenters. The van der Waals surface area contributed by atoms with Crippen LogP contribution in [0.15, 0.2) is 24.3 Å². The molecule has 156 valence electrons. The number of hydrogen-bond donors (Lipinski definition) is 1. The third kappa shape index (κ3) is 7.17. The molecule has 2 amide bonds. The van der Waals surface area contributed by atoms with E-state index in [1.165, 1.54) is 5.56 Å². The molecule has 1 aliphatic rings. The Morgan fingerprint density at radius 1 is 1.11 bits per heavy atom. The molecule has 0 bridgehead atoms. The molecule has 1 fully saturated rings. The second-order valence-electron chi connectivity index (χ2n) is 8.70. The van der Waals surface area contributed by atoms with Crippen molar-refractivity contribution in [2.75, 3.05) is 19.7 Å². The largest absolute Gasteiger partial charge is 0.494 e. The van der Waals surface area contributed by atoms with Crippen LogP contribution in [0.25, 0.3) is 0 Å². The molecular weight excluding hydrogens is 352 g/mol. The third-order valence-corrected chi connectivity index (χ3v) is 5.21. The molecule has 0 spiro atoms. The van der Waals surface area contributed by atoms with Gasteiger partial charge in [-0.1, -0.05) is 39.8 Å². The lowest BCUT2D eigenvalue weighted by molar-refractivity contribution is -0.132. The van der Waals surface area contributed by atoms with Gasteiger partial charge in [0.15, 0.2) is 0 Å². The molecule has 28 heavy (non-hydrogen) atoms. The molecule has 5 heteroatoms. The smallest absolute Gasteiger partial charge is 0.222 e. The van der Waals surface area contributed by atoms with Crippen LogP contribution in [-0.2, 0) is 15.0 Å². The summed E-state index contributed by atoms with van der Waals surface area (Å²) < 4.78 is 5.78. The number of nitrogens with one attached hydrogen (secondary N) is 1. The fraction of sp³-hybridized carbons (Fsp3) is 0.652. The maximum Gasteiger partial charge on any atom is 0.222 e. The van der Waals surface area contributed by atoms with E-state index >= 15 is 0 Å². The normalized spacial score (nSPS) is 15.4. The Morgan fingerprint density at radius 2 is 1.75 bits per heavy atom. The highest BCUT2D eigenvalue weighted by Crippen LogP contribution is 2.24. The molecule has 1 heterocycles. The number of carbonyl (C=O) groups excluding carboxylic acids is 2. The van der Waals surface area contributed by atoms with Gasteiger partial charge < -0.3 is 15.0 Å². The highest BCUT2D eigenvalue weighted by atomic mass is 16.5. The Bertz CT molecular complexity index is 626. The molecule has 0 aliphatic carbocycles. The Kier molecular flexibility index (Phi) is 8.34. The van der Waals surface area contributed by atoms with Gasteiger partial charge >= 0.3 is 0 Å². The molecule has 1 aromatic rings. The lowest BCUT2D eigenvalue weighted by Crippen LogP contribution is -2.46. The van der Waals surface area contributed by atoms with E-state index < -0.39 is 0 Å². The summed E-state index contributed by atoms with van der Waals surface area (Å²) in [6, 6.07) is 8.41. The Labute approximate surface area is 169 Å². The minimum absolute atomic E-state index is 0.125. The van der Waals surface area contributed by atoms with Crippen LogP contribution in [-0.4, -0.2) is 42.5 Å². The minimum atomic E-state index is 0.125. The fourth-order valence-corrected chi connectivity index (χ4v) is 3.42. The van der Waals surface area contributed by atoms with Gasteiger partial charge in [0, 0.05) is 32.0 Å². The topological polar surface area (TPSA) is 58.6 Å². The van der Waals surface area contributed by atoms with Crippen LogP contribution in [0.4, 0.5) is 0 Å². The second kappa shape index (κ2) is 10.5. The zero-order chi connectivity index (χ0) is 20.6. The summed E-state index contributed by atoms with van der Waals surface area (Å²) >= 11 is 0. The quantitative estimate of drug-likeness (QED) is 0.684. The first-order valence-electron chi connectivity index (χ1n) is 10.6. The molecule has 0 saturated carbocycles. The number of ether oxygens (including phenoxy) is 1. The summed E-state index contributed by atoms with van der Waals surface area (Å²) in [7, 11) is 0. The molecule has 5 nitrogen and oxygen atoms in total. The van der Waals surface area contributed by atoms with Gasteiger partial charge in [-0.25, -0.2) is 0 Å². The zero-order valence-corrected chi connectivity index (χ0v) is 17.9. The van der Waals surface area contributed by atoms with Crippen molar-refractivity contribution in [1.82, 2.24) is 10.2 Å². The van der Waals surface area contributed by atoms with E-state index in [1.807, 2.05) is 24.0 Å². The van der Waals surface area contributed by atoms with Crippen LogP contribution in [0.5, 0.6) is 5.75 Å². The minimum Gasteiger partial charge on any atom is -0.494 e. The molecule has 0 radical (unpaired) electrons. The number of hydrogen-bond acceptors (Lipinski definition) is 3. The van der Waals surface area contributed by atoms with Crippen LogP contribution in [0.2, 0.25) is 0 Å². The molecule has 0 aromatic heterocycles. The van der Waals surface area contributed by atoms with Gasteiger partial charge in [-0.3, -0.25) is 9.59 Å². The van der Waals surface area contributed by atoms with Crippen molar-refractivity contribution < 1.29 is 14.3 Å². The monoisotopic (exact) mass is 388 g/mol. The van der Waals surface area contributed by atoms with Gasteiger partial charge in [0.25, 0.3) is 0 Å². The van der Waals surface area contributed by atoms with Crippen molar-refractivity contribution >= 4 is 11.8 Å². The SMILES string of the molecule is CCCC(=O)NC1CCN(C(=O)CCCOc2ccc(C(C)(C)C)cc2)CC1. The summed E-state index contributed by atoms with van der Waals surface area (Å²) in [5, 5.41) is 3.07. The summed E-state index contributed by atoms with van der Waals surface area (Å²) in [6.45, 7) is 10.6. The van der Waals surface area contributed by atoms with Crippen molar-refractivity contribution in [1.29, 1.82) is 0 Å². The molecule has 1 aliphatic heterocycles. The van der Waals surface area contributed by atoms with E-state index in [1.54, 1.807) is 0 Å². The molecule has 2 rings (SSSR count). The van der Waals surface area contributed by atoms with E-state index in [0.717, 1.165) is 38.1 Å². The Hall–Kier alpha value is -2.04. The fourth-order valence-electron chi connectivity index (χ4n) is 3.42. The highest BCUT2D eigenvalue weighted by Gasteiger charge is 2.23. The number of carbonyl (C=O) groups is 2. The summed E-state index contributed by atoms with van der Waals surface area (Å²) in [5.41, 5.74) is 1.42. The first-order chi connectivity index (χ1) is 13.3. The van der Waals surface area contributed by atoms with E-state index in [4.69, 9.17) is 4.74 Å². The molecule has 1 saturated heterocycles. The maximum absolute atomic E-state index is 12.4. The van der Waals surface area contributed by atoms with Gasteiger partial charge in [-0.2, -0.15) is 0 Å². The predicted octanol–water partition coefficient (Wildman–Crippen LogP) is 4.05. The van der Waals surface area contributed by atoms with Gasteiger partial charge in [-0.15, -0.1) is 0 Å². The van der Waals surface area contributed by atoms with Crippen molar-refractivity contribution in [2.45, 2.75) is 77.7 Å². The summed E-state index contributed by atoms with van der Waals surface area (Å²) in [5.74, 6) is 1.16. The van der Waals surface area contributed by atoms with Crippen LogP contribution >= 0.6 is 0 Å². The summed E-state index contributed by atoms with van der Waals surface area (Å²) in [6.07, 6.45) is 4.36. The molecule has 0 atom stereocenters. The van der Waals surface area contributed by atoms with E-state index in [0.29, 0.717) is 25.9 Å². The second-order valence-corrected chi connectivity index (χ2v) is 8.70. The van der Waals surface area contributed by atoms with Crippen LogP contribution in [0, 0.1) is 0 Å². The molecule has 1 aromatic carbocycles. The highest BCUT2D eigenvalue weighted by molar-refractivity contribution is 5.77. The number of rotatable bonds is 8. The van der Waals surface area contributed by atoms with Crippen LogP contribution in [0.3, 0.4) is 0 Å². The number of amides is 2. The lowest BCUT2D eigenvalue weighted by Gasteiger charge is -2.32. The van der Waals surface area contributed by atoms with Gasteiger partial charge in [0.1, 0.15) is 5.75 Å². The standard InChI is InChI=1S/C23H36N2O3/c1-5-7-21(26)24-19-13-15-25(16-14-19)22(27)8-6-17-28-20-11-9-18(10-12-20)23(2,3)4/h9-12,19H,5-8,13-17H2,1-4H3,(H,24,26). The van der Waals surface area contributed by atoms with E-state index in [2.05, 4.69) is 38.2 Å². The average Bonchev–Trinajstić information content (AvgIpc) is 2.65. The van der Waals surface area contributed by atoms with Crippen molar-refractivity contribution in [3.05, 3.63) is 29.8 Å². The molecular formula is C23H36N2O3. The first kappa shape index (κ1) is 22.3. The van der Waals surface area contributed by atoms with Crippen LogP contribution < -0.4 is 10.1 Å². The number of likely N-dealkylation sites (tertiary alicyclic amines) is 1. The lowest BCUT2D eigenvalue weighted by atomic mass is 9.87. The van der Waals surface area contributed by atoms with E-state index in [-0.39, 0.29) is 23.3 Å². The average molecular weight is 389 g/mol. The maximum atomic E-state index is 12.4. The molecule has 1 N–H and O–H groups in total. The number of piperidine rings is 1. The van der Waals surface area contributed by atoms with Crippen molar-refractivity contribution in [3.63, 3.8) is 0 Å². The summed E-state index contributed by atoms with van der Waals surface area (Å²) in [4.78, 5) is 26.0. The number of nitrogens with zero attached hydrogens (tertiary/aromatic N) is 1. The van der Waals surface area contributed by atoms with Crippen molar-refractivity contribution in [2.24, 2.45) is 0 Å². The van der Waals surface area contributed by atoms with Gasteiger partial charge in [-0.05, 0) is 48.8 Å². The van der Waals surface area contributed by atoms with Gasteiger partial charge in [0.05, 0.1) is 6.61 Å². The van der Waals surface area contributed by atoms with E-state index in [9.17, 15) is 9.59 Å². The first-order valence-corrected chi connectivity index (χ1v) is 10.6. The predicted molar refractivity (Wildman–Crippen MR) is 113 cm³/mol. The number of benzene rings is 1. The Morgan fingerprint density at radius 3 is 2.32 bits per heavy atom. The van der Waals surface area contributed by atoms with Gasteiger partial charge in [0.2, 0.25) is 11.8 Å². The zero-order valence-electron chi connectivity index (χ0n) is 17.9. The van der Waals surface area contributed by atoms with Crippen LogP contribution in [0.1, 0.15) is 71.8 Å². The van der Waals surface area contributed by atoms with Crippen molar-refractivity contribution in [3.8, 4) is 5.75 Å². The Balaban J connectivity index is 1.63. The third-order valence-electron chi connectivity index (χ3n) is 5.21.